The molecule has 0 saturated carbocycles. The molecule has 0 saturated heterocycles. The number of nitrogens with one attached hydrogen (secondary N) is 1. The van der Waals surface area contributed by atoms with Crippen molar-refractivity contribution in [2.24, 2.45) is 10.7 Å². The molecule has 0 heterocycles. The number of hydrogen-bond donors (Lipinski definition) is 2. The zero-order chi connectivity index (χ0) is 15.0. The van der Waals surface area contributed by atoms with E-state index in [9.17, 15) is 0 Å². The number of hydrogen-bond acceptors (Lipinski definition) is 3. The Balaban J connectivity index is 2.56. The van der Waals surface area contributed by atoms with Crippen LogP contribution in [0.1, 0.15) is 20.8 Å². The zero-order valence-corrected chi connectivity index (χ0v) is 12.9. The van der Waals surface area contributed by atoms with Crippen molar-refractivity contribution >= 4 is 11.6 Å². The number of likely N-dealkylation sites (N-methyl/N-ethyl adjacent to an activating group) is 1. The van der Waals surface area contributed by atoms with E-state index in [4.69, 9.17) is 10.5 Å². The van der Waals surface area contributed by atoms with Gasteiger partial charge in [-0.1, -0.05) is 19.9 Å². The Morgan fingerprint density at radius 2 is 2.10 bits per heavy atom. The highest BCUT2D eigenvalue weighted by Crippen LogP contribution is 2.16. The Hall–Kier alpha value is -1.75. The summed E-state index contributed by atoms with van der Waals surface area (Å²) in [5.74, 6) is 1.22. The van der Waals surface area contributed by atoms with Gasteiger partial charge in [-0.15, -0.1) is 0 Å². The van der Waals surface area contributed by atoms with Gasteiger partial charge in [-0.05, 0) is 32.1 Å². The van der Waals surface area contributed by atoms with Gasteiger partial charge in [0.2, 0.25) is 0 Å². The maximum absolute atomic E-state index is 5.91. The molecule has 0 amide bonds. The Bertz CT molecular complexity index is 430. The fourth-order valence-corrected chi connectivity index (χ4v) is 2.08. The number of ether oxygens (including phenoxy) is 1. The molecule has 20 heavy (non-hydrogen) atoms. The summed E-state index contributed by atoms with van der Waals surface area (Å²) in [6, 6.07) is 8.00. The quantitative estimate of drug-likeness (QED) is 0.592. The predicted octanol–water partition coefficient (Wildman–Crippen LogP) is 2.15. The molecule has 0 aliphatic carbocycles. The van der Waals surface area contributed by atoms with E-state index in [1.54, 1.807) is 7.11 Å². The van der Waals surface area contributed by atoms with Crippen molar-refractivity contribution in [3.63, 3.8) is 0 Å². The van der Waals surface area contributed by atoms with E-state index < -0.39 is 0 Å². The minimum Gasteiger partial charge on any atom is -0.497 e. The lowest BCUT2D eigenvalue weighted by Gasteiger charge is -2.24. The Labute approximate surface area is 121 Å². The maximum Gasteiger partial charge on any atom is 0.193 e. The molecular formula is C15H26N4O. The van der Waals surface area contributed by atoms with E-state index in [2.05, 4.69) is 36.0 Å². The highest BCUT2D eigenvalue weighted by Gasteiger charge is 2.09. The third kappa shape index (κ3) is 5.09. The molecule has 0 bridgehead atoms. The summed E-state index contributed by atoms with van der Waals surface area (Å²) in [5, 5.41) is 3.08. The molecule has 0 aliphatic rings. The number of methoxy groups -OCH3 is 1. The van der Waals surface area contributed by atoms with Gasteiger partial charge in [0.25, 0.3) is 0 Å². The number of nitrogens with two attached hydrogens (primary N) is 1. The summed E-state index contributed by atoms with van der Waals surface area (Å²) in [5.41, 5.74) is 6.78. The zero-order valence-electron chi connectivity index (χ0n) is 12.9. The monoisotopic (exact) mass is 278 g/mol. The molecule has 5 heteroatoms. The highest BCUT2D eigenvalue weighted by molar-refractivity contribution is 5.92. The number of benzene rings is 1. The maximum atomic E-state index is 5.91. The lowest BCUT2D eigenvalue weighted by atomic mass is 10.3. The number of rotatable bonds is 7. The number of nitrogens with zero attached hydrogens (tertiary/aromatic N) is 2. The van der Waals surface area contributed by atoms with Gasteiger partial charge in [0.15, 0.2) is 5.96 Å². The number of anilines is 1. The molecule has 0 radical (unpaired) electrons. The minimum absolute atomic E-state index is 0.385. The van der Waals surface area contributed by atoms with Crippen molar-refractivity contribution in [2.75, 3.05) is 32.1 Å². The summed E-state index contributed by atoms with van der Waals surface area (Å²) in [6.45, 7) is 9.20. The van der Waals surface area contributed by atoms with Gasteiger partial charge in [0, 0.05) is 17.8 Å². The van der Waals surface area contributed by atoms with Crippen LogP contribution in [0, 0.1) is 0 Å². The van der Waals surface area contributed by atoms with Crippen LogP contribution in [0.2, 0.25) is 0 Å². The van der Waals surface area contributed by atoms with Crippen molar-refractivity contribution < 1.29 is 4.74 Å². The van der Waals surface area contributed by atoms with Crippen LogP contribution >= 0.6 is 0 Å². The first-order valence-electron chi connectivity index (χ1n) is 7.05. The minimum atomic E-state index is 0.385. The van der Waals surface area contributed by atoms with E-state index in [1.807, 2.05) is 24.3 Å². The predicted molar refractivity (Wildman–Crippen MR) is 85.5 cm³/mol. The first-order valence-corrected chi connectivity index (χ1v) is 7.05. The van der Waals surface area contributed by atoms with Crippen LogP contribution in [0.15, 0.2) is 29.3 Å². The van der Waals surface area contributed by atoms with Crippen LogP contribution in [0.5, 0.6) is 5.75 Å². The second kappa shape index (κ2) is 8.43. The molecule has 5 nitrogen and oxygen atoms in total. The molecule has 0 fully saturated rings. The molecule has 0 spiro atoms. The van der Waals surface area contributed by atoms with Crippen molar-refractivity contribution in [1.29, 1.82) is 0 Å². The third-order valence-corrected chi connectivity index (χ3v) is 3.30. The average Bonchev–Trinajstić information content (AvgIpc) is 2.46. The molecule has 3 N–H and O–H groups in total. The van der Waals surface area contributed by atoms with Gasteiger partial charge in [-0.3, -0.25) is 9.89 Å². The van der Waals surface area contributed by atoms with Crippen LogP contribution in [-0.2, 0) is 0 Å². The Morgan fingerprint density at radius 3 is 2.70 bits per heavy atom. The summed E-state index contributed by atoms with van der Waals surface area (Å²) in [7, 11) is 1.64. The van der Waals surface area contributed by atoms with Crippen LogP contribution in [0.4, 0.5) is 5.69 Å². The fraction of sp³-hybridized carbons (Fsp3) is 0.533. The molecule has 1 aromatic rings. The highest BCUT2D eigenvalue weighted by atomic mass is 16.5. The molecule has 0 aliphatic heterocycles. The smallest absolute Gasteiger partial charge is 0.193 e. The second-order valence-electron chi connectivity index (χ2n) is 4.65. The molecule has 112 valence electrons. The molecule has 1 rings (SSSR count). The lowest BCUT2D eigenvalue weighted by molar-refractivity contribution is 0.237. The van der Waals surface area contributed by atoms with E-state index in [-0.39, 0.29) is 0 Å². The molecule has 0 aromatic heterocycles. The standard InChI is InChI=1S/C15H26N4O/c1-5-19(6-2)12(3)11-17-15(16)18-13-8-7-9-14(10-13)20-4/h7-10,12H,5-6,11H2,1-4H3,(H3,16,17,18). The van der Waals surface area contributed by atoms with Gasteiger partial charge in [-0.25, -0.2) is 0 Å². The van der Waals surface area contributed by atoms with E-state index in [0.29, 0.717) is 18.5 Å². The van der Waals surface area contributed by atoms with Gasteiger partial charge >= 0.3 is 0 Å². The number of guanidine groups is 1. The fourth-order valence-electron chi connectivity index (χ4n) is 2.08. The van der Waals surface area contributed by atoms with Crippen LogP contribution in [0.25, 0.3) is 0 Å². The Kier molecular flexibility index (Phi) is 6.87. The molecule has 1 unspecified atom stereocenters. The van der Waals surface area contributed by atoms with Crippen LogP contribution in [-0.4, -0.2) is 43.6 Å². The largest absolute Gasteiger partial charge is 0.497 e. The van der Waals surface area contributed by atoms with E-state index >= 15 is 0 Å². The molecule has 1 aromatic carbocycles. The first-order chi connectivity index (χ1) is 9.60. The summed E-state index contributed by atoms with van der Waals surface area (Å²) >= 11 is 0. The second-order valence-corrected chi connectivity index (χ2v) is 4.65. The van der Waals surface area contributed by atoms with E-state index in [0.717, 1.165) is 24.5 Å². The lowest BCUT2D eigenvalue weighted by Crippen LogP contribution is -2.36. The van der Waals surface area contributed by atoms with Crippen molar-refractivity contribution in [3.05, 3.63) is 24.3 Å². The van der Waals surface area contributed by atoms with Crippen molar-refractivity contribution in [2.45, 2.75) is 26.8 Å². The molecular weight excluding hydrogens is 252 g/mol. The van der Waals surface area contributed by atoms with Gasteiger partial charge < -0.3 is 15.8 Å². The average molecular weight is 278 g/mol. The topological polar surface area (TPSA) is 62.9 Å². The van der Waals surface area contributed by atoms with Crippen molar-refractivity contribution in [1.82, 2.24) is 4.90 Å². The summed E-state index contributed by atoms with van der Waals surface area (Å²) in [6.07, 6.45) is 0. The summed E-state index contributed by atoms with van der Waals surface area (Å²) in [4.78, 5) is 6.74. The third-order valence-electron chi connectivity index (χ3n) is 3.30. The van der Waals surface area contributed by atoms with Gasteiger partial charge in [0.05, 0.1) is 13.7 Å². The first kappa shape index (κ1) is 16.3. The van der Waals surface area contributed by atoms with Crippen LogP contribution in [0.3, 0.4) is 0 Å². The Morgan fingerprint density at radius 1 is 1.40 bits per heavy atom. The number of aliphatic imine (C=N–C) groups is 1. The van der Waals surface area contributed by atoms with Gasteiger partial charge in [0.1, 0.15) is 5.75 Å². The normalized spacial score (nSPS) is 13.3. The van der Waals surface area contributed by atoms with E-state index in [1.165, 1.54) is 0 Å². The molecule has 1 atom stereocenters. The van der Waals surface area contributed by atoms with Crippen molar-refractivity contribution in [3.8, 4) is 5.75 Å². The SMILES string of the molecule is CCN(CC)C(C)CN=C(N)Nc1cccc(OC)c1. The summed E-state index contributed by atoms with van der Waals surface area (Å²) < 4.78 is 5.17. The van der Waals surface area contributed by atoms with Gasteiger partial charge in [-0.2, -0.15) is 0 Å². The van der Waals surface area contributed by atoms with Crippen LogP contribution < -0.4 is 15.8 Å².